The minimum atomic E-state index is -0.511. The fraction of sp³-hybridized carbons (Fsp3) is 0.192. The van der Waals surface area contributed by atoms with E-state index in [0.717, 1.165) is 27.2 Å². The van der Waals surface area contributed by atoms with Gasteiger partial charge in [0.25, 0.3) is 5.91 Å². The van der Waals surface area contributed by atoms with Gasteiger partial charge < -0.3 is 19.4 Å². The van der Waals surface area contributed by atoms with Crippen molar-refractivity contribution in [3.8, 4) is 17.2 Å². The van der Waals surface area contributed by atoms with Crippen LogP contribution in [0.25, 0.3) is 15.9 Å². The molecule has 0 bridgehead atoms. The maximum absolute atomic E-state index is 13.5. The molecule has 0 aliphatic heterocycles. The molecule has 0 fully saturated rings. The molecule has 1 unspecified atom stereocenters. The Morgan fingerprint density at radius 2 is 1.77 bits per heavy atom. The van der Waals surface area contributed by atoms with Gasteiger partial charge in [-0.05, 0) is 42.8 Å². The molecule has 5 aromatic rings. The number of rotatable bonds is 7. The fourth-order valence-electron chi connectivity index (χ4n) is 4.05. The molecule has 0 saturated carbocycles. The van der Waals surface area contributed by atoms with E-state index < -0.39 is 6.04 Å². The Hall–Kier alpha value is -4.11. The first-order valence-electron chi connectivity index (χ1n) is 11.0. The average Bonchev–Trinajstić information content (AvgIpc) is 3.59. The third-order valence-corrected chi connectivity index (χ3v) is 6.98. The Labute approximate surface area is 206 Å². The molecule has 0 radical (unpaired) electrons. The standard InChI is InChI=1S/C26H25N5O3S/c1-16-21-15-22(35-26(21)31(29-16)18-8-6-5-7-9-18)25(32)28-23(24-27-10-11-30(24)2)17-12-19(33-3)14-20(13-17)34-4/h5-15,23H,1-4H3,(H,28,32). The smallest absolute Gasteiger partial charge is 0.262 e. The van der Waals surface area contributed by atoms with Crippen molar-refractivity contribution in [1.82, 2.24) is 24.6 Å². The number of nitrogens with one attached hydrogen (secondary N) is 1. The normalized spacial score (nSPS) is 12.0. The minimum Gasteiger partial charge on any atom is -0.497 e. The Morgan fingerprint density at radius 3 is 2.40 bits per heavy atom. The zero-order valence-corrected chi connectivity index (χ0v) is 20.7. The van der Waals surface area contributed by atoms with Crippen LogP contribution in [-0.4, -0.2) is 39.5 Å². The lowest BCUT2D eigenvalue weighted by Gasteiger charge is -2.20. The maximum atomic E-state index is 13.5. The van der Waals surface area contributed by atoms with Crippen LogP contribution in [0.5, 0.6) is 11.5 Å². The number of amides is 1. The largest absolute Gasteiger partial charge is 0.497 e. The molecule has 1 atom stereocenters. The number of hydrogen-bond donors (Lipinski definition) is 1. The van der Waals surface area contributed by atoms with E-state index >= 15 is 0 Å². The van der Waals surface area contributed by atoms with Gasteiger partial charge in [-0.3, -0.25) is 4.79 Å². The summed E-state index contributed by atoms with van der Waals surface area (Å²) in [5.74, 6) is 1.77. The average molecular weight is 488 g/mol. The number of ether oxygens (including phenoxy) is 2. The molecule has 2 aromatic carbocycles. The summed E-state index contributed by atoms with van der Waals surface area (Å²) in [6, 6.07) is 16.9. The molecule has 1 amide bonds. The number of hydrogen-bond acceptors (Lipinski definition) is 6. The molecule has 0 spiro atoms. The molecule has 9 heteroatoms. The van der Waals surface area contributed by atoms with Gasteiger partial charge in [-0.15, -0.1) is 11.3 Å². The van der Waals surface area contributed by atoms with E-state index in [2.05, 4.69) is 15.4 Å². The predicted molar refractivity (Wildman–Crippen MR) is 136 cm³/mol. The Balaban J connectivity index is 1.54. The summed E-state index contributed by atoms with van der Waals surface area (Å²) in [5, 5.41) is 8.80. The van der Waals surface area contributed by atoms with Crippen molar-refractivity contribution in [3.05, 3.63) is 88.9 Å². The van der Waals surface area contributed by atoms with Crippen LogP contribution < -0.4 is 14.8 Å². The van der Waals surface area contributed by atoms with Crippen LogP contribution >= 0.6 is 11.3 Å². The summed E-state index contributed by atoms with van der Waals surface area (Å²) in [5.41, 5.74) is 2.63. The number of thiophene rings is 1. The number of aryl methyl sites for hydroxylation is 2. The molecule has 0 aliphatic rings. The molecule has 8 nitrogen and oxygen atoms in total. The molecule has 178 valence electrons. The van der Waals surface area contributed by atoms with Gasteiger partial charge in [0.15, 0.2) is 0 Å². The highest BCUT2D eigenvalue weighted by Crippen LogP contribution is 2.33. The van der Waals surface area contributed by atoms with E-state index in [-0.39, 0.29) is 5.91 Å². The van der Waals surface area contributed by atoms with Gasteiger partial charge in [-0.2, -0.15) is 5.10 Å². The second kappa shape index (κ2) is 9.27. The molecular weight excluding hydrogens is 462 g/mol. The van der Waals surface area contributed by atoms with Gasteiger partial charge in [0, 0.05) is 30.9 Å². The van der Waals surface area contributed by atoms with Crippen molar-refractivity contribution in [1.29, 1.82) is 0 Å². The SMILES string of the molecule is COc1cc(OC)cc(C(NC(=O)c2cc3c(C)nn(-c4ccccc4)c3s2)c2nccn2C)c1. The highest BCUT2D eigenvalue weighted by atomic mass is 32.1. The lowest BCUT2D eigenvalue weighted by atomic mass is 10.0. The summed E-state index contributed by atoms with van der Waals surface area (Å²) in [6.07, 6.45) is 3.56. The van der Waals surface area contributed by atoms with Crippen molar-refractivity contribution in [2.45, 2.75) is 13.0 Å². The van der Waals surface area contributed by atoms with Crippen LogP contribution in [0.2, 0.25) is 0 Å². The van der Waals surface area contributed by atoms with Gasteiger partial charge in [0.1, 0.15) is 28.2 Å². The Morgan fingerprint density at radius 1 is 1.06 bits per heavy atom. The van der Waals surface area contributed by atoms with E-state index in [1.807, 2.05) is 77.9 Å². The van der Waals surface area contributed by atoms with Crippen LogP contribution in [0.1, 0.15) is 32.8 Å². The van der Waals surface area contributed by atoms with Gasteiger partial charge in [0.2, 0.25) is 0 Å². The molecule has 0 saturated heterocycles. The maximum Gasteiger partial charge on any atom is 0.262 e. The lowest BCUT2D eigenvalue weighted by Crippen LogP contribution is -2.30. The van der Waals surface area contributed by atoms with Crippen LogP contribution in [0.3, 0.4) is 0 Å². The van der Waals surface area contributed by atoms with Crippen molar-refractivity contribution in [2.75, 3.05) is 14.2 Å². The second-order valence-corrected chi connectivity index (χ2v) is 9.14. The van der Waals surface area contributed by atoms with Crippen LogP contribution in [0.15, 0.2) is 67.0 Å². The van der Waals surface area contributed by atoms with Crippen LogP contribution in [0, 0.1) is 6.92 Å². The number of carbonyl (C=O) groups is 1. The van der Waals surface area contributed by atoms with Crippen molar-refractivity contribution in [2.24, 2.45) is 7.05 Å². The van der Waals surface area contributed by atoms with E-state index in [1.165, 1.54) is 11.3 Å². The summed E-state index contributed by atoms with van der Waals surface area (Å²) >= 11 is 1.41. The molecule has 3 aromatic heterocycles. The van der Waals surface area contributed by atoms with Crippen LogP contribution in [0.4, 0.5) is 0 Å². The number of carbonyl (C=O) groups excluding carboxylic acids is 1. The quantitative estimate of drug-likeness (QED) is 0.361. The predicted octanol–water partition coefficient (Wildman–Crippen LogP) is 4.67. The van der Waals surface area contributed by atoms with E-state index in [9.17, 15) is 4.79 Å². The highest BCUT2D eigenvalue weighted by molar-refractivity contribution is 7.20. The molecule has 3 heterocycles. The Kier molecular flexibility index (Phi) is 6.00. The van der Waals surface area contributed by atoms with Crippen molar-refractivity contribution < 1.29 is 14.3 Å². The second-order valence-electron chi connectivity index (χ2n) is 8.11. The molecular formula is C26H25N5O3S. The van der Waals surface area contributed by atoms with Gasteiger partial charge in [-0.25, -0.2) is 9.67 Å². The monoisotopic (exact) mass is 487 g/mol. The number of imidazole rings is 1. The number of aromatic nitrogens is 4. The number of fused-ring (bicyclic) bond motifs is 1. The van der Waals surface area contributed by atoms with Gasteiger partial charge >= 0.3 is 0 Å². The van der Waals surface area contributed by atoms with Crippen LogP contribution in [-0.2, 0) is 7.05 Å². The topological polar surface area (TPSA) is 83.2 Å². The molecule has 5 rings (SSSR count). The number of methoxy groups -OCH3 is 2. The Bertz CT molecular complexity index is 1480. The first-order valence-corrected chi connectivity index (χ1v) is 11.9. The molecule has 1 N–H and O–H groups in total. The molecule has 0 aliphatic carbocycles. The fourth-order valence-corrected chi connectivity index (χ4v) is 5.14. The zero-order valence-electron chi connectivity index (χ0n) is 19.9. The van der Waals surface area contributed by atoms with Gasteiger partial charge in [0.05, 0.1) is 30.5 Å². The zero-order chi connectivity index (χ0) is 24.5. The van der Waals surface area contributed by atoms with E-state index in [4.69, 9.17) is 9.47 Å². The third-order valence-electron chi connectivity index (χ3n) is 5.87. The summed E-state index contributed by atoms with van der Waals surface area (Å²) in [6.45, 7) is 1.95. The highest BCUT2D eigenvalue weighted by Gasteiger charge is 2.25. The first kappa shape index (κ1) is 22.7. The number of nitrogens with zero attached hydrogens (tertiary/aromatic N) is 4. The summed E-state index contributed by atoms with van der Waals surface area (Å²) < 4.78 is 14.7. The van der Waals surface area contributed by atoms with E-state index in [1.54, 1.807) is 26.5 Å². The first-order chi connectivity index (χ1) is 17.0. The van der Waals surface area contributed by atoms with E-state index in [0.29, 0.717) is 22.2 Å². The summed E-state index contributed by atoms with van der Waals surface area (Å²) in [7, 11) is 5.10. The minimum absolute atomic E-state index is 0.194. The van der Waals surface area contributed by atoms with Crippen molar-refractivity contribution >= 4 is 27.5 Å². The summed E-state index contributed by atoms with van der Waals surface area (Å²) in [4.78, 5) is 19.6. The number of benzene rings is 2. The molecule has 35 heavy (non-hydrogen) atoms. The van der Waals surface area contributed by atoms with Crippen molar-refractivity contribution in [3.63, 3.8) is 0 Å². The third kappa shape index (κ3) is 4.26. The lowest BCUT2D eigenvalue weighted by molar-refractivity contribution is 0.0945. The number of para-hydroxylation sites is 1. The van der Waals surface area contributed by atoms with Gasteiger partial charge in [-0.1, -0.05) is 18.2 Å².